The van der Waals surface area contributed by atoms with Gasteiger partial charge in [0.25, 0.3) is 10.0 Å². The Balaban J connectivity index is 1.21. The molecule has 0 saturated heterocycles. The molecule has 2 heterocycles. The van der Waals surface area contributed by atoms with Crippen LogP contribution >= 0.6 is 22.7 Å². The first kappa shape index (κ1) is 36.8. The number of nitrogens with zero attached hydrogens (tertiary/aromatic N) is 1. The number of aryl methyl sites for hydroxylation is 1. The predicted octanol–water partition coefficient (Wildman–Crippen LogP) is 9.29. The highest BCUT2D eigenvalue weighted by molar-refractivity contribution is 7.91. The summed E-state index contributed by atoms with van der Waals surface area (Å²) >= 11 is 2.76. The van der Waals surface area contributed by atoms with Gasteiger partial charge in [0, 0.05) is 28.9 Å². The van der Waals surface area contributed by atoms with Gasteiger partial charge in [0.1, 0.15) is 4.21 Å². The molecule has 7 aliphatic rings. The van der Waals surface area contributed by atoms with Gasteiger partial charge >= 0.3 is 0 Å². The van der Waals surface area contributed by atoms with Crippen molar-refractivity contribution in [3.8, 4) is 0 Å². The fraction of sp³-hybridized carbons (Fsp3) is 0.605. The van der Waals surface area contributed by atoms with Crippen molar-refractivity contribution in [1.82, 2.24) is 4.31 Å². The fourth-order valence-corrected chi connectivity index (χ4v) is 15.4. The zero-order valence-electron chi connectivity index (χ0n) is 31.0. The molecule has 2 N–H and O–H groups in total. The first-order chi connectivity index (χ1) is 24.8. The minimum Gasteiger partial charge on any atom is -0.393 e. The Labute approximate surface area is 318 Å². The molecule has 0 radical (unpaired) electrons. The van der Waals surface area contributed by atoms with E-state index in [2.05, 4.69) is 32.1 Å². The Hall–Kier alpha value is -2.14. The zero-order valence-corrected chi connectivity index (χ0v) is 33.4. The fourth-order valence-electron chi connectivity index (χ4n) is 11.8. The monoisotopic (exact) mass is 761 g/mol. The summed E-state index contributed by atoms with van der Waals surface area (Å²) in [5.41, 5.74) is 1.69. The summed E-state index contributed by atoms with van der Waals surface area (Å²) in [6.45, 7) is 6.82. The largest absolute Gasteiger partial charge is 0.393 e. The van der Waals surface area contributed by atoms with Gasteiger partial charge in [0.15, 0.2) is 0 Å². The summed E-state index contributed by atoms with van der Waals surface area (Å²) < 4.78 is 31.5. The Kier molecular flexibility index (Phi) is 9.81. The SMILES string of the molecule is CC1=CCC[C@@]2(C)[C@@H](CC[C@@]2(O)CN(CC23CC4CC(CC(C4)C2)C3)S(=O)(=O)c2cccs2)c2ccc(cc2C(=O)c2ccc(C)s2)C[C@@H](O)CC1. The minimum absolute atomic E-state index is 0.0196. The Morgan fingerprint density at radius 1 is 0.962 bits per heavy atom. The van der Waals surface area contributed by atoms with Crippen LogP contribution in [0.3, 0.4) is 0 Å². The van der Waals surface area contributed by atoms with E-state index in [1.807, 2.05) is 36.6 Å². The molecule has 4 atom stereocenters. The van der Waals surface area contributed by atoms with Crippen LogP contribution in [0.5, 0.6) is 0 Å². The molecule has 6 nitrogen and oxygen atoms in total. The molecule has 0 spiro atoms. The lowest BCUT2D eigenvalue weighted by molar-refractivity contribution is -0.0920. The van der Waals surface area contributed by atoms with Crippen LogP contribution in [0.1, 0.15) is 128 Å². The molecular formula is C43H55NO5S3. The van der Waals surface area contributed by atoms with Gasteiger partial charge < -0.3 is 10.2 Å². The number of aliphatic hydroxyl groups is 2. The number of sulfonamides is 1. The van der Waals surface area contributed by atoms with Crippen molar-refractivity contribution in [2.45, 2.75) is 126 Å². The quantitative estimate of drug-likeness (QED) is 0.176. The molecule has 0 aliphatic heterocycles. The van der Waals surface area contributed by atoms with Crippen molar-refractivity contribution in [1.29, 1.82) is 0 Å². The van der Waals surface area contributed by atoms with E-state index < -0.39 is 27.1 Å². The number of hydrogen-bond acceptors (Lipinski definition) is 7. The van der Waals surface area contributed by atoms with Crippen LogP contribution in [0.4, 0.5) is 0 Å². The van der Waals surface area contributed by atoms with Crippen molar-refractivity contribution in [3.05, 3.63) is 85.9 Å². The summed E-state index contributed by atoms with van der Waals surface area (Å²) in [5.74, 6) is 1.90. The number of ketones is 1. The molecule has 280 valence electrons. The van der Waals surface area contributed by atoms with Gasteiger partial charge in [0.05, 0.1) is 16.6 Å². The maximum absolute atomic E-state index is 14.7. The average Bonchev–Trinajstić information content (AvgIpc) is 3.84. The number of benzene rings is 1. The zero-order chi connectivity index (χ0) is 36.5. The van der Waals surface area contributed by atoms with Crippen LogP contribution in [-0.2, 0) is 16.4 Å². The molecule has 52 heavy (non-hydrogen) atoms. The predicted molar refractivity (Wildman–Crippen MR) is 210 cm³/mol. The normalized spacial score (nSPS) is 34.7. The van der Waals surface area contributed by atoms with E-state index in [-0.39, 0.29) is 23.7 Å². The first-order valence-corrected chi connectivity index (χ1v) is 22.7. The molecule has 0 unspecified atom stereocenters. The van der Waals surface area contributed by atoms with Gasteiger partial charge in [-0.1, -0.05) is 36.8 Å². The standard InChI is InChI=1S/C43H55NO5S3/c1-28-6-4-15-41(3)37(35-12-10-30(21-34(45)11-8-28)22-36(35)40(46)38-13-9-29(2)51-38)14-16-43(41,47)27-44(52(48,49)39-7-5-17-50-39)26-42-23-31-18-32(24-42)20-33(19-31)25-42/h5-7,9-10,12-13,17,22,31-34,37,45,47H,4,8,11,14-16,18-21,23-27H2,1-3H3/t31?,32?,33?,34-,37-,41-,42?,43+/m0/s1. The van der Waals surface area contributed by atoms with Crippen molar-refractivity contribution in [2.24, 2.45) is 28.6 Å². The minimum atomic E-state index is -3.86. The third-order valence-electron chi connectivity index (χ3n) is 14.1. The second kappa shape index (κ2) is 13.9. The lowest BCUT2D eigenvalue weighted by Crippen LogP contribution is -2.57. The number of rotatable bonds is 8. The van der Waals surface area contributed by atoms with E-state index in [1.165, 1.54) is 47.5 Å². The molecule has 5 saturated carbocycles. The van der Waals surface area contributed by atoms with Crippen LogP contribution in [0.25, 0.3) is 0 Å². The molecule has 7 aliphatic carbocycles. The van der Waals surface area contributed by atoms with Gasteiger partial charge in [-0.05, 0) is 167 Å². The molecule has 2 aromatic heterocycles. The number of hydrogen-bond donors (Lipinski definition) is 2. The Morgan fingerprint density at radius 3 is 2.35 bits per heavy atom. The first-order valence-electron chi connectivity index (χ1n) is 19.6. The number of carbonyl (C=O) groups is 1. The summed E-state index contributed by atoms with van der Waals surface area (Å²) in [4.78, 5) is 16.1. The molecule has 6 bridgehead atoms. The smallest absolute Gasteiger partial charge is 0.252 e. The molecule has 10 rings (SSSR count). The van der Waals surface area contributed by atoms with Gasteiger partial charge in [-0.2, -0.15) is 4.31 Å². The van der Waals surface area contributed by atoms with Crippen LogP contribution in [0.2, 0.25) is 0 Å². The molecule has 5 fully saturated rings. The maximum Gasteiger partial charge on any atom is 0.252 e. The topological polar surface area (TPSA) is 94.9 Å². The summed E-state index contributed by atoms with van der Waals surface area (Å²) in [6.07, 6.45) is 13.3. The van der Waals surface area contributed by atoms with Crippen LogP contribution in [0, 0.1) is 35.5 Å². The van der Waals surface area contributed by atoms with E-state index >= 15 is 0 Å². The van der Waals surface area contributed by atoms with Crippen molar-refractivity contribution in [3.63, 3.8) is 0 Å². The number of aliphatic hydroxyl groups excluding tert-OH is 1. The number of allylic oxidation sites excluding steroid dienone is 2. The van der Waals surface area contributed by atoms with Crippen molar-refractivity contribution < 1.29 is 23.4 Å². The lowest BCUT2D eigenvalue weighted by Gasteiger charge is -2.58. The molecular weight excluding hydrogens is 707 g/mol. The van der Waals surface area contributed by atoms with Crippen LogP contribution in [-0.4, -0.2) is 53.5 Å². The molecule has 0 amide bonds. The van der Waals surface area contributed by atoms with Gasteiger partial charge in [-0.25, -0.2) is 8.42 Å². The Morgan fingerprint density at radius 2 is 1.69 bits per heavy atom. The number of fused-ring (bicyclic) bond motifs is 8. The van der Waals surface area contributed by atoms with Crippen LogP contribution in [0.15, 0.2) is 63.7 Å². The summed E-state index contributed by atoms with van der Waals surface area (Å²) in [7, 11) is -3.86. The third-order valence-corrected chi connectivity index (χ3v) is 18.2. The molecule has 9 heteroatoms. The highest BCUT2D eigenvalue weighted by atomic mass is 32.2. The maximum atomic E-state index is 14.7. The van der Waals surface area contributed by atoms with Crippen molar-refractivity contribution in [2.75, 3.05) is 13.1 Å². The highest BCUT2D eigenvalue weighted by Gasteiger charge is 2.59. The second-order valence-corrected chi connectivity index (χ2v) is 22.2. The third kappa shape index (κ3) is 6.74. The van der Waals surface area contributed by atoms with Crippen LogP contribution < -0.4 is 0 Å². The second-order valence-electron chi connectivity index (χ2n) is 17.8. The number of thiophene rings is 2. The summed E-state index contributed by atoms with van der Waals surface area (Å²) in [6, 6.07) is 13.5. The van der Waals surface area contributed by atoms with E-state index in [1.54, 1.807) is 10.4 Å². The lowest BCUT2D eigenvalue weighted by atomic mass is 9.49. The van der Waals surface area contributed by atoms with E-state index in [0.29, 0.717) is 71.1 Å². The highest BCUT2D eigenvalue weighted by Crippen LogP contribution is 2.62. The van der Waals surface area contributed by atoms with Gasteiger partial charge in [-0.15, -0.1) is 22.7 Å². The van der Waals surface area contributed by atoms with E-state index in [9.17, 15) is 23.4 Å². The molecule has 1 aromatic carbocycles. The van der Waals surface area contributed by atoms with Crippen molar-refractivity contribution >= 4 is 38.5 Å². The van der Waals surface area contributed by atoms with Gasteiger partial charge in [0.2, 0.25) is 5.78 Å². The number of carbonyl (C=O) groups excluding carboxylic acids is 1. The average molecular weight is 762 g/mol. The van der Waals surface area contributed by atoms with E-state index in [4.69, 9.17) is 0 Å². The van der Waals surface area contributed by atoms with Gasteiger partial charge in [-0.3, -0.25) is 4.79 Å². The van der Waals surface area contributed by atoms with E-state index in [0.717, 1.165) is 48.1 Å². The molecule has 3 aromatic rings. The Bertz CT molecular complexity index is 1910. The summed E-state index contributed by atoms with van der Waals surface area (Å²) in [5, 5.41) is 26.1.